The third kappa shape index (κ3) is 2.46. The molecule has 1 aromatic carbocycles. The molecule has 2 bridgehead atoms. The summed E-state index contributed by atoms with van der Waals surface area (Å²) < 4.78 is 0. The van der Waals surface area contributed by atoms with E-state index in [9.17, 15) is 24.5 Å². The maximum absolute atomic E-state index is 13.7. The maximum Gasteiger partial charge on any atom is 0.330 e. The van der Waals surface area contributed by atoms with E-state index in [2.05, 4.69) is 31.0 Å². The van der Waals surface area contributed by atoms with Crippen molar-refractivity contribution in [1.82, 2.24) is 10.2 Å². The average Bonchev–Trinajstić information content (AvgIpc) is 2.90. The van der Waals surface area contributed by atoms with Crippen molar-refractivity contribution in [2.75, 3.05) is 11.9 Å². The van der Waals surface area contributed by atoms with Gasteiger partial charge in [0, 0.05) is 37.3 Å². The molecule has 164 valence electrons. The molecule has 4 aliphatic rings. The number of fused-ring (bicyclic) bond motifs is 8. The van der Waals surface area contributed by atoms with E-state index in [1.54, 1.807) is 6.07 Å². The number of carbonyl (C=O) groups excluding carboxylic acids is 3. The number of anilines is 1. The number of nitrogens with one attached hydrogen (secondary N) is 1. The molecule has 1 saturated carbocycles. The minimum atomic E-state index is -1.51. The van der Waals surface area contributed by atoms with Gasteiger partial charge in [0.05, 0.1) is 11.0 Å². The molecule has 3 aliphatic heterocycles. The third-order valence-electron chi connectivity index (χ3n) is 7.81. The van der Waals surface area contributed by atoms with Crippen LogP contribution in [-0.2, 0) is 16.0 Å². The lowest BCUT2D eigenvalue weighted by molar-refractivity contribution is -0.384. The standard InChI is InChI=1S/C22H26N4O5/c1-20(2)9-14-10-21(3,11-20)16-22(17(27)23-19(29)24(4)18(22)28)8-12-7-13(26(30)31)5-6-15(12)25(14)16/h5-7,14,16H,8-11H2,1-4H3,(H,23,27,29)/t14-,16-,21-,22-/m0/s1. The lowest BCUT2D eigenvalue weighted by atomic mass is 9.56. The first-order chi connectivity index (χ1) is 14.4. The number of nitro groups is 1. The second kappa shape index (κ2) is 5.83. The highest BCUT2D eigenvalue weighted by molar-refractivity contribution is 6.20. The first-order valence-electron chi connectivity index (χ1n) is 10.6. The van der Waals surface area contributed by atoms with Crippen LogP contribution >= 0.6 is 0 Å². The van der Waals surface area contributed by atoms with Gasteiger partial charge in [-0.15, -0.1) is 0 Å². The Hall–Kier alpha value is -2.97. The van der Waals surface area contributed by atoms with Crippen molar-refractivity contribution < 1.29 is 19.3 Å². The van der Waals surface area contributed by atoms with Gasteiger partial charge in [0.2, 0.25) is 11.8 Å². The highest BCUT2D eigenvalue weighted by Crippen LogP contribution is 2.64. The van der Waals surface area contributed by atoms with Crippen LogP contribution in [-0.4, -0.2) is 46.8 Å². The van der Waals surface area contributed by atoms with Crippen LogP contribution in [0.5, 0.6) is 0 Å². The van der Waals surface area contributed by atoms with Crippen LogP contribution in [0.4, 0.5) is 16.2 Å². The van der Waals surface area contributed by atoms with E-state index in [0.717, 1.165) is 29.8 Å². The van der Waals surface area contributed by atoms with Crippen LogP contribution in [0, 0.1) is 26.4 Å². The Morgan fingerprint density at radius 2 is 1.87 bits per heavy atom. The Bertz CT molecular complexity index is 1070. The monoisotopic (exact) mass is 426 g/mol. The molecule has 1 spiro atoms. The molecule has 31 heavy (non-hydrogen) atoms. The Morgan fingerprint density at radius 3 is 2.55 bits per heavy atom. The van der Waals surface area contributed by atoms with Gasteiger partial charge in [-0.2, -0.15) is 0 Å². The molecule has 1 aliphatic carbocycles. The molecule has 5 rings (SSSR count). The smallest absolute Gasteiger partial charge is 0.330 e. The number of imide groups is 2. The van der Waals surface area contributed by atoms with Crippen molar-refractivity contribution in [3.8, 4) is 0 Å². The molecule has 0 aromatic heterocycles. The van der Waals surface area contributed by atoms with Crippen LogP contribution in [0.1, 0.15) is 45.6 Å². The number of nitrogens with zero attached hydrogens (tertiary/aromatic N) is 3. The number of hydrogen-bond donors (Lipinski definition) is 1. The van der Waals surface area contributed by atoms with Crippen molar-refractivity contribution in [2.24, 2.45) is 16.2 Å². The van der Waals surface area contributed by atoms with Gasteiger partial charge in [-0.1, -0.05) is 20.8 Å². The molecule has 4 amide bonds. The summed E-state index contributed by atoms with van der Waals surface area (Å²) in [4.78, 5) is 53.4. The van der Waals surface area contributed by atoms with E-state index < -0.39 is 34.2 Å². The van der Waals surface area contributed by atoms with Gasteiger partial charge in [-0.25, -0.2) is 4.79 Å². The molecule has 3 heterocycles. The second-order valence-electron chi connectivity index (χ2n) is 10.7. The number of benzene rings is 1. The van der Waals surface area contributed by atoms with Crippen LogP contribution in [0.3, 0.4) is 0 Å². The minimum absolute atomic E-state index is 0.0209. The predicted octanol–water partition coefficient (Wildman–Crippen LogP) is 2.62. The molecule has 1 N–H and O–H groups in total. The molecular formula is C22H26N4O5. The summed E-state index contributed by atoms with van der Waals surface area (Å²) in [6, 6.07) is 3.67. The molecule has 3 fully saturated rings. The second-order valence-corrected chi connectivity index (χ2v) is 10.7. The Kier molecular flexibility index (Phi) is 3.76. The van der Waals surface area contributed by atoms with Gasteiger partial charge in [0.1, 0.15) is 0 Å². The number of barbiturate groups is 1. The maximum atomic E-state index is 13.7. The first-order valence-corrected chi connectivity index (χ1v) is 10.6. The zero-order valence-electron chi connectivity index (χ0n) is 18.1. The molecule has 9 heteroatoms. The third-order valence-corrected chi connectivity index (χ3v) is 7.81. The fraction of sp³-hybridized carbons (Fsp3) is 0.591. The first kappa shape index (κ1) is 20.0. The number of amides is 4. The van der Waals surface area contributed by atoms with Crippen LogP contribution in [0.2, 0.25) is 0 Å². The Morgan fingerprint density at radius 1 is 1.16 bits per heavy atom. The van der Waals surface area contributed by atoms with Crippen molar-refractivity contribution >= 4 is 29.2 Å². The lowest BCUT2D eigenvalue weighted by Gasteiger charge is -2.53. The summed E-state index contributed by atoms with van der Waals surface area (Å²) in [5.41, 5.74) is -0.422. The fourth-order valence-corrected chi connectivity index (χ4v) is 7.26. The summed E-state index contributed by atoms with van der Waals surface area (Å²) in [7, 11) is 1.38. The van der Waals surface area contributed by atoms with Crippen LogP contribution in [0.25, 0.3) is 0 Å². The zero-order valence-corrected chi connectivity index (χ0v) is 18.1. The summed E-state index contributed by atoms with van der Waals surface area (Å²) in [6.45, 7) is 6.55. The van der Waals surface area contributed by atoms with Gasteiger partial charge >= 0.3 is 6.03 Å². The largest absolute Gasteiger partial charge is 0.363 e. The number of rotatable bonds is 1. The van der Waals surface area contributed by atoms with Crippen molar-refractivity contribution in [2.45, 2.75) is 58.5 Å². The van der Waals surface area contributed by atoms with E-state index in [1.165, 1.54) is 19.2 Å². The van der Waals surface area contributed by atoms with Gasteiger partial charge in [-0.3, -0.25) is 29.9 Å². The van der Waals surface area contributed by atoms with E-state index in [-0.39, 0.29) is 29.0 Å². The predicted molar refractivity (Wildman–Crippen MR) is 111 cm³/mol. The number of non-ortho nitro benzene ring substituents is 1. The van der Waals surface area contributed by atoms with E-state index >= 15 is 0 Å². The molecular weight excluding hydrogens is 400 g/mol. The average molecular weight is 426 g/mol. The van der Waals surface area contributed by atoms with Gasteiger partial charge in [-0.05, 0) is 41.7 Å². The summed E-state index contributed by atoms with van der Waals surface area (Å²) in [6.07, 6.45) is 2.61. The van der Waals surface area contributed by atoms with Crippen molar-refractivity contribution in [1.29, 1.82) is 0 Å². The number of nitro benzene ring substituents is 1. The normalized spacial score (nSPS) is 35.7. The number of carbonyl (C=O) groups is 3. The minimum Gasteiger partial charge on any atom is -0.363 e. The van der Waals surface area contributed by atoms with Gasteiger partial charge in [0.25, 0.3) is 5.69 Å². The number of hydrogen-bond acceptors (Lipinski definition) is 6. The van der Waals surface area contributed by atoms with Crippen molar-refractivity contribution in [3.63, 3.8) is 0 Å². The quantitative estimate of drug-likeness (QED) is 0.420. The highest BCUT2D eigenvalue weighted by atomic mass is 16.6. The van der Waals surface area contributed by atoms with E-state index in [4.69, 9.17) is 0 Å². The van der Waals surface area contributed by atoms with Gasteiger partial charge < -0.3 is 4.90 Å². The number of urea groups is 1. The topological polar surface area (TPSA) is 113 Å². The molecule has 2 saturated heterocycles. The molecule has 4 atom stereocenters. The zero-order chi connectivity index (χ0) is 22.5. The van der Waals surface area contributed by atoms with Crippen molar-refractivity contribution in [3.05, 3.63) is 33.9 Å². The van der Waals surface area contributed by atoms with E-state index in [1.807, 2.05) is 0 Å². The Balaban J connectivity index is 1.78. The highest BCUT2D eigenvalue weighted by Gasteiger charge is 2.71. The molecule has 1 aromatic rings. The van der Waals surface area contributed by atoms with Crippen LogP contribution in [0.15, 0.2) is 18.2 Å². The molecule has 9 nitrogen and oxygen atoms in total. The molecule has 0 unspecified atom stereocenters. The SMILES string of the molecule is CN1C(=O)NC(=O)[C@@]2(Cc3cc([N+](=O)[O-])ccc3N3[C@H]4CC(C)(C)C[C@](C)(C4)[C@H]32)C1=O. The summed E-state index contributed by atoms with van der Waals surface area (Å²) >= 11 is 0. The molecule has 0 radical (unpaired) electrons. The summed E-state index contributed by atoms with van der Waals surface area (Å²) in [5.74, 6) is -1.13. The van der Waals surface area contributed by atoms with E-state index in [0.29, 0.717) is 5.56 Å². The fourth-order valence-electron chi connectivity index (χ4n) is 7.26. The Labute approximate surface area is 179 Å². The van der Waals surface area contributed by atoms with Crippen LogP contribution < -0.4 is 10.2 Å². The lowest BCUT2D eigenvalue weighted by Crippen LogP contribution is -2.72. The van der Waals surface area contributed by atoms with Gasteiger partial charge in [0.15, 0.2) is 5.41 Å². The summed E-state index contributed by atoms with van der Waals surface area (Å²) in [5, 5.41) is 13.8.